The van der Waals surface area contributed by atoms with Crippen molar-refractivity contribution in [1.82, 2.24) is 5.32 Å². The summed E-state index contributed by atoms with van der Waals surface area (Å²) in [6.45, 7) is 4.13. The first-order chi connectivity index (χ1) is 9.12. The van der Waals surface area contributed by atoms with Crippen molar-refractivity contribution in [3.05, 3.63) is 28.2 Å². The lowest BCUT2D eigenvalue weighted by Crippen LogP contribution is -2.31. The van der Waals surface area contributed by atoms with Crippen LogP contribution in [0.4, 0.5) is 5.69 Å². The zero-order valence-electron chi connectivity index (χ0n) is 11.5. The normalized spacial score (nSPS) is 23.0. The lowest BCUT2D eigenvalue weighted by molar-refractivity contribution is -0.118. The zero-order chi connectivity index (χ0) is 13.5. The van der Waals surface area contributed by atoms with Gasteiger partial charge < -0.3 is 10.6 Å². The maximum Gasteiger partial charge on any atom is 0.228 e. The molecule has 1 amide bonds. The number of piperidine rings is 1. The molecular formula is C15H20BrClN2O. The van der Waals surface area contributed by atoms with E-state index in [1.54, 1.807) is 0 Å². The van der Waals surface area contributed by atoms with Gasteiger partial charge in [0, 0.05) is 16.1 Å². The van der Waals surface area contributed by atoms with E-state index in [1.807, 2.05) is 25.1 Å². The number of amides is 1. The highest BCUT2D eigenvalue weighted by Crippen LogP contribution is 2.58. The summed E-state index contributed by atoms with van der Waals surface area (Å²) in [5.41, 5.74) is 2.32. The molecule has 0 bridgehead atoms. The van der Waals surface area contributed by atoms with Crippen LogP contribution in [0, 0.1) is 18.3 Å². The van der Waals surface area contributed by atoms with Crippen molar-refractivity contribution < 1.29 is 4.79 Å². The van der Waals surface area contributed by atoms with E-state index in [4.69, 9.17) is 0 Å². The monoisotopic (exact) mass is 358 g/mol. The van der Waals surface area contributed by atoms with Crippen LogP contribution in [0.2, 0.25) is 0 Å². The second kappa shape index (κ2) is 6.04. The van der Waals surface area contributed by atoms with Gasteiger partial charge in [-0.3, -0.25) is 4.79 Å². The van der Waals surface area contributed by atoms with Crippen LogP contribution in [0.15, 0.2) is 22.7 Å². The average molecular weight is 360 g/mol. The van der Waals surface area contributed by atoms with Crippen molar-refractivity contribution in [3.63, 3.8) is 0 Å². The summed E-state index contributed by atoms with van der Waals surface area (Å²) >= 11 is 3.50. The molecule has 1 spiro atoms. The van der Waals surface area contributed by atoms with E-state index in [0.29, 0.717) is 5.41 Å². The van der Waals surface area contributed by atoms with Gasteiger partial charge in [-0.25, -0.2) is 0 Å². The van der Waals surface area contributed by atoms with Crippen LogP contribution in [0.5, 0.6) is 0 Å². The van der Waals surface area contributed by atoms with Crippen LogP contribution in [-0.4, -0.2) is 19.0 Å². The van der Waals surface area contributed by atoms with Crippen LogP contribution in [-0.2, 0) is 4.79 Å². The molecule has 2 aliphatic rings. The number of halogens is 2. The predicted octanol–water partition coefficient (Wildman–Crippen LogP) is 3.51. The molecule has 1 aromatic carbocycles. The van der Waals surface area contributed by atoms with Crippen molar-refractivity contribution in [1.29, 1.82) is 0 Å². The fourth-order valence-electron chi connectivity index (χ4n) is 3.16. The number of hydrogen-bond donors (Lipinski definition) is 2. The van der Waals surface area contributed by atoms with Gasteiger partial charge in [-0.05, 0) is 62.4 Å². The second-order valence-electron chi connectivity index (χ2n) is 5.77. The molecule has 1 saturated carbocycles. The van der Waals surface area contributed by atoms with Crippen LogP contribution >= 0.6 is 28.3 Å². The lowest BCUT2D eigenvalue weighted by Gasteiger charge is -2.23. The molecule has 0 radical (unpaired) electrons. The first-order valence-corrected chi connectivity index (χ1v) is 7.68. The van der Waals surface area contributed by atoms with E-state index in [9.17, 15) is 4.79 Å². The van der Waals surface area contributed by atoms with Crippen molar-refractivity contribution in [2.24, 2.45) is 11.3 Å². The summed E-state index contributed by atoms with van der Waals surface area (Å²) in [7, 11) is 0. The number of benzene rings is 1. The lowest BCUT2D eigenvalue weighted by atomic mass is 9.91. The summed E-state index contributed by atoms with van der Waals surface area (Å²) < 4.78 is 1.04. The standard InChI is InChI=1S/C15H19BrN2O.ClH/c1-10-12(16)3-2-4-13(10)18-14(19)11-9-15(11)5-7-17-8-6-15;/h2-4,11,17H,5-9H2,1H3,(H,18,19);1H. The van der Waals surface area contributed by atoms with Crippen molar-refractivity contribution in [2.75, 3.05) is 18.4 Å². The Morgan fingerprint density at radius 2 is 2.10 bits per heavy atom. The molecule has 2 N–H and O–H groups in total. The Morgan fingerprint density at radius 1 is 1.40 bits per heavy atom. The van der Waals surface area contributed by atoms with Crippen LogP contribution in [0.1, 0.15) is 24.8 Å². The average Bonchev–Trinajstić information content (AvgIpc) is 3.09. The van der Waals surface area contributed by atoms with E-state index < -0.39 is 0 Å². The Balaban J connectivity index is 0.00000147. The molecule has 5 heteroatoms. The molecule has 1 aliphatic heterocycles. The Kier molecular flexibility index (Phi) is 4.77. The highest BCUT2D eigenvalue weighted by Gasteiger charge is 2.57. The molecule has 1 unspecified atom stereocenters. The Hall–Kier alpha value is -0.580. The fourth-order valence-corrected chi connectivity index (χ4v) is 3.52. The molecular weight excluding hydrogens is 340 g/mol. The van der Waals surface area contributed by atoms with Gasteiger partial charge in [0.05, 0.1) is 0 Å². The molecule has 3 rings (SSSR count). The number of hydrogen-bond acceptors (Lipinski definition) is 2. The smallest absolute Gasteiger partial charge is 0.228 e. The topological polar surface area (TPSA) is 41.1 Å². The predicted molar refractivity (Wildman–Crippen MR) is 87.4 cm³/mol. The maximum atomic E-state index is 12.4. The summed E-state index contributed by atoms with van der Waals surface area (Å²) in [4.78, 5) is 12.4. The van der Waals surface area contributed by atoms with E-state index >= 15 is 0 Å². The molecule has 1 atom stereocenters. The third-order valence-electron chi connectivity index (χ3n) is 4.63. The highest BCUT2D eigenvalue weighted by molar-refractivity contribution is 9.10. The van der Waals surface area contributed by atoms with Crippen molar-refractivity contribution in [3.8, 4) is 0 Å². The number of rotatable bonds is 2. The number of nitrogens with one attached hydrogen (secondary N) is 2. The van der Waals surface area contributed by atoms with Crippen LogP contribution in [0.3, 0.4) is 0 Å². The van der Waals surface area contributed by atoms with Gasteiger partial charge in [-0.15, -0.1) is 12.4 Å². The van der Waals surface area contributed by atoms with E-state index in [2.05, 4.69) is 26.6 Å². The van der Waals surface area contributed by atoms with Gasteiger partial charge in [0.15, 0.2) is 0 Å². The van der Waals surface area contributed by atoms with Crippen molar-refractivity contribution >= 4 is 39.9 Å². The highest BCUT2D eigenvalue weighted by atomic mass is 79.9. The molecule has 2 fully saturated rings. The summed E-state index contributed by atoms with van der Waals surface area (Å²) in [5, 5.41) is 6.46. The van der Waals surface area contributed by atoms with Gasteiger partial charge in [0.1, 0.15) is 0 Å². The Morgan fingerprint density at radius 3 is 2.80 bits per heavy atom. The van der Waals surface area contributed by atoms with E-state index in [-0.39, 0.29) is 24.2 Å². The molecule has 1 aliphatic carbocycles. The Labute approximate surface area is 134 Å². The van der Waals surface area contributed by atoms with Gasteiger partial charge >= 0.3 is 0 Å². The molecule has 1 heterocycles. The number of carbonyl (C=O) groups excluding carboxylic acids is 1. The first-order valence-electron chi connectivity index (χ1n) is 6.89. The molecule has 1 saturated heterocycles. The minimum absolute atomic E-state index is 0. The molecule has 0 aromatic heterocycles. The second-order valence-corrected chi connectivity index (χ2v) is 6.63. The van der Waals surface area contributed by atoms with Gasteiger partial charge in [0.2, 0.25) is 5.91 Å². The van der Waals surface area contributed by atoms with Crippen LogP contribution in [0.25, 0.3) is 0 Å². The molecule has 20 heavy (non-hydrogen) atoms. The van der Waals surface area contributed by atoms with E-state index in [0.717, 1.165) is 48.1 Å². The number of carbonyl (C=O) groups is 1. The van der Waals surface area contributed by atoms with Gasteiger partial charge in [-0.1, -0.05) is 22.0 Å². The largest absolute Gasteiger partial charge is 0.326 e. The molecule has 1 aromatic rings. The minimum atomic E-state index is 0. The SMILES string of the molecule is Cc1c(Br)cccc1NC(=O)C1CC12CCNCC2.Cl. The quantitative estimate of drug-likeness (QED) is 0.848. The van der Waals surface area contributed by atoms with Crippen molar-refractivity contribution in [2.45, 2.75) is 26.2 Å². The number of anilines is 1. The summed E-state index contributed by atoms with van der Waals surface area (Å²) in [5.74, 6) is 0.413. The zero-order valence-corrected chi connectivity index (χ0v) is 13.9. The maximum absolute atomic E-state index is 12.4. The summed E-state index contributed by atoms with van der Waals surface area (Å²) in [6.07, 6.45) is 3.35. The van der Waals surface area contributed by atoms with E-state index in [1.165, 1.54) is 0 Å². The fraction of sp³-hybridized carbons (Fsp3) is 0.533. The first kappa shape index (κ1) is 15.8. The minimum Gasteiger partial charge on any atom is -0.326 e. The third kappa shape index (κ3) is 2.87. The van der Waals surface area contributed by atoms with Crippen LogP contribution < -0.4 is 10.6 Å². The molecule has 110 valence electrons. The Bertz CT molecular complexity index is 515. The van der Waals surface area contributed by atoms with Gasteiger partial charge in [0.25, 0.3) is 0 Å². The molecule has 3 nitrogen and oxygen atoms in total. The third-order valence-corrected chi connectivity index (χ3v) is 5.49. The summed E-state index contributed by atoms with van der Waals surface area (Å²) in [6, 6.07) is 5.92. The van der Waals surface area contributed by atoms with Gasteiger partial charge in [-0.2, -0.15) is 0 Å².